The Balaban J connectivity index is 1.51. The standard InChI is InChI=1S/C16H25N3O/c1-13(12-15-8-9-16(20)19-15)17-10-5-11-18-14-6-3-2-4-7-14/h2-4,6-7,13,15,17-18H,5,8-12H2,1H3,(H,19,20). The molecule has 1 saturated heterocycles. The van der Waals surface area contributed by atoms with Gasteiger partial charge in [0.05, 0.1) is 0 Å². The Morgan fingerprint density at radius 1 is 1.30 bits per heavy atom. The van der Waals surface area contributed by atoms with Crippen LogP contribution in [0.3, 0.4) is 0 Å². The molecule has 4 heteroatoms. The molecule has 2 atom stereocenters. The van der Waals surface area contributed by atoms with Gasteiger partial charge in [0, 0.05) is 30.7 Å². The average Bonchev–Trinajstić information content (AvgIpc) is 2.85. The van der Waals surface area contributed by atoms with Crippen LogP contribution in [0, 0.1) is 0 Å². The molecule has 2 rings (SSSR count). The highest BCUT2D eigenvalue weighted by Crippen LogP contribution is 2.11. The molecular weight excluding hydrogens is 250 g/mol. The van der Waals surface area contributed by atoms with Crippen molar-refractivity contribution in [3.05, 3.63) is 30.3 Å². The van der Waals surface area contributed by atoms with Crippen molar-refractivity contribution in [2.45, 2.75) is 44.7 Å². The van der Waals surface area contributed by atoms with Crippen molar-refractivity contribution in [3.8, 4) is 0 Å². The summed E-state index contributed by atoms with van der Waals surface area (Å²) in [5.74, 6) is 0.203. The zero-order valence-electron chi connectivity index (χ0n) is 12.2. The van der Waals surface area contributed by atoms with E-state index in [1.165, 1.54) is 5.69 Å². The second kappa shape index (κ2) is 7.90. The van der Waals surface area contributed by atoms with E-state index in [1.54, 1.807) is 0 Å². The summed E-state index contributed by atoms with van der Waals surface area (Å²) in [4.78, 5) is 11.1. The first-order chi connectivity index (χ1) is 9.74. The largest absolute Gasteiger partial charge is 0.385 e. The number of hydrogen-bond acceptors (Lipinski definition) is 3. The van der Waals surface area contributed by atoms with Crippen LogP contribution in [0.25, 0.3) is 0 Å². The van der Waals surface area contributed by atoms with Crippen LogP contribution in [0.4, 0.5) is 5.69 Å². The van der Waals surface area contributed by atoms with Crippen molar-refractivity contribution in [2.24, 2.45) is 0 Å². The van der Waals surface area contributed by atoms with Gasteiger partial charge in [0.25, 0.3) is 0 Å². The molecule has 1 heterocycles. The van der Waals surface area contributed by atoms with Crippen LogP contribution in [0.5, 0.6) is 0 Å². The first-order valence-electron chi connectivity index (χ1n) is 7.55. The van der Waals surface area contributed by atoms with E-state index in [4.69, 9.17) is 0 Å². The molecule has 0 spiro atoms. The summed E-state index contributed by atoms with van der Waals surface area (Å²) >= 11 is 0. The molecule has 110 valence electrons. The van der Waals surface area contributed by atoms with E-state index in [1.807, 2.05) is 18.2 Å². The van der Waals surface area contributed by atoms with Crippen molar-refractivity contribution in [2.75, 3.05) is 18.4 Å². The summed E-state index contributed by atoms with van der Waals surface area (Å²) in [6.07, 6.45) is 3.80. The Labute approximate surface area is 121 Å². The third-order valence-electron chi connectivity index (χ3n) is 3.67. The molecule has 2 unspecified atom stereocenters. The Bertz CT molecular complexity index is 407. The van der Waals surface area contributed by atoms with Crippen LogP contribution in [0.2, 0.25) is 0 Å². The van der Waals surface area contributed by atoms with Gasteiger partial charge < -0.3 is 16.0 Å². The predicted molar refractivity (Wildman–Crippen MR) is 82.8 cm³/mol. The van der Waals surface area contributed by atoms with Gasteiger partial charge in [0.15, 0.2) is 0 Å². The summed E-state index contributed by atoms with van der Waals surface area (Å²) < 4.78 is 0. The van der Waals surface area contributed by atoms with Gasteiger partial charge in [0.1, 0.15) is 0 Å². The number of anilines is 1. The van der Waals surface area contributed by atoms with Crippen LogP contribution in [0.15, 0.2) is 30.3 Å². The number of carbonyl (C=O) groups excluding carboxylic acids is 1. The monoisotopic (exact) mass is 275 g/mol. The molecule has 0 aromatic heterocycles. The van der Waals surface area contributed by atoms with Crippen molar-refractivity contribution in [1.82, 2.24) is 10.6 Å². The smallest absolute Gasteiger partial charge is 0.220 e. The minimum Gasteiger partial charge on any atom is -0.385 e. The third kappa shape index (κ3) is 5.21. The lowest BCUT2D eigenvalue weighted by Gasteiger charge is -2.18. The maximum atomic E-state index is 11.1. The van der Waals surface area contributed by atoms with Crippen LogP contribution in [-0.4, -0.2) is 31.1 Å². The van der Waals surface area contributed by atoms with Crippen LogP contribution in [-0.2, 0) is 4.79 Å². The van der Waals surface area contributed by atoms with Gasteiger partial charge in [-0.3, -0.25) is 4.79 Å². The summed E-state index contributed by atoms with van der Waals surface area (Å²) in [7, 11) is 0. The Morgan fingerprint density at radius 3 is 2.80 bits per heavy atom. The van der Waals surface area contributed by atoms with E-state index in [0.717, 1.165) is 32.4 Å². The lowest BCUT2D eigenvalue weighted by molar-refractivity contribution is -0.119. The fourth-order valence-electron chi connectivity index (χ4n) is 2.59. The Kier molecular flexibility index (Phi) is 5.87. The molecule has 1 aromatic carbocycles. The summed E-state index contributed by atoms with van der Waals surface area (Å²) in [5.41, 5.74) is 1.18. The second-order valence-corrected chi connectivity index (χ2v) is 5.54. The SMILES string of the molecule is CC(CC1CCC(=O)N1)NCCCNc1ccccc1. The predicted octanol–water partition coefficient (Wildman–Crippen LogP) is 2.14. The molecule has 0 radical (unpaired) electrons. The van der Waals surface area contributed by atoms with E-state index >= 15 is 0 Å². The maximum absolute atomic E-state index is 11.1. The summed E-state index contributed by atoms with van der Waals surface area (Å²) in [5, 5.41) is 9.94. The minimum atomic E-state index is 0.203. The van der Waals surface area contributed by atoms with E-state index in [-0.39, 0.29) is 5.91 Å². The normalized spacial score (nSPS) is 19.6. The lowest BCUT2D eigenvalue weighted by Crippen LogP contribution is -2.35. The molecule has 0 saturated carbocycles. The molecule has 3 N–H and O–H groups in total. The molecule has 4 nitrogen and oxygen atoms in total. The van der Waals surface area contributed by atoms with E-state index in [0.29, 0.717) is 18.5 Å². The zero-order valence-corrected chi connectivity index (χ0v) is 12.2. The highest BCUT2D eigenvalue weighted by molar-refractivity contribution is 5.78. The molecule has 20 heavy (non-hydrogen) atoms. The topological polar surface area (TPSA) is 53.2 Å². The second-order valence-electron chi connectivity index (χ2n) is 5.54. The first-order valence-corrected chi connectivity index (χ1v) is 7.55. The van der Waals surface area contributed by atoms with Crippen molar-refractivity contribution in [1.29, 1.82) is 0 Å². The van der Waals surface area contributed by atoms with Gasteiger partial charge in [-0.15, -0.1) is 0 Å². The Morgan fingerprint density at radius 2 is 2.10 bits per heavy atom. The van der Waals surface area contributed by atoms with Gasteiger partial charge in [-0.05, 0) is 44.9 Å². The number of amides is 1. The van der Waals surface area contributed by atoms with E-state index in [9.17, 15) is 4.79 Å². The van der Waals surface area contributed by atoms with Gasteiger partial charge in [0.2, 0.25) is 5.91 Å². The number of para-hydroxylation sites is 1. The van der Waals surface area contributed by atoms with Crippen LogP contribution >= 0.6 is 0 Å². The number of hydrogen-bond donors (Lipinski definition) is 3. The van der Waals surface area contributed by atoms with Crippen molar-refractivity contribution in [3.63, 3.8) is 0 Å². The quantitative estimate of drug-likeness (QED) is 0.637. The number of benzene rings is 1. The van der Waals surface area contributed by atoms with Gasteiger partial charge in [-0.25, -0.2) is 0 Å². The molecular formula is C16H25N3O. The van der Waals surface area contributed by atoms with Gasteiger partial charge >= 0.3 is 0 Å². The van der Waals surface area contributed by atoms with E-state index in [2.05, 4.69) is 35.0 Å². The number of nitrogens with one attached hydrogen (secondary N) is 3. The highest BCUT2D eigenvalue weighted by Gasteiger charge is 2.21. The van der Waals surface area contributed by atoms with Gasteiger partial charge in [-0.1, -0.05) is 18.2 Å². The molecule has 1 amide bonds. The lowest BCUT2D eigenvalue weighted by atomic mass is 10.1. The molecule has 1 aliphatic heterocycles. The summed E-state index contributed by atoms with van der Waals surface area (Å²) in [6, 6.07) is 11.1. The third-order valence-corrected chi connectivity index (χ3v) is 3.67. The first kappa shape index (κ1) is 14.9. The summed E-state index contributed by atoms with van der Waals surface area (Å²) in [6.45, 7) is 4.17. The van der Waals surface area contributed by atoms with Gasteiger partial charge in [-0.2, -0.15) is 0 Å². The van der Waals surface area contributed by atoms with Crippen LogP contribution in [0.1, 0.15) is 32.6 Å². The number of carbonyl (C=O) groups is 1. The molecule has 0 bridgehead atoms. The zero-order chi connectivity index (χ0) is 14.2. The fourth-order valence-corrected chi connectivity index (χ4v) is 2.59. The Hall–Kier alpha value is -1.55. The molecule has 0 aliphatic carbocycles. The number of rotatable bonds is 8. The van der Waals surface area contributed by atoms with Crippen molar-refractivity contribution < 1.29 is 4.79 Å². The van der Waals surface area contributed by atoms with Crippen LogP contribution < -0.4 is 16.0 Å². The maximum Gasteiger partial charge on any atom is 0.220 e. The average molecular weight is 275 g/mol. The minimum absolute atomic E-state index is 0.203. The molecule has 1 aliphatic rings. The molecule has 1 fully saturated rings. The van der Waals surface area contributed by atoms with E-state index < -0.39 is 0 Å². The fraction of sp³-hybridized carbons (Fsp3) is 0.562. The molecule has 1 aromatic rings. The van der Waals surface area contributed by atoms with Crippen molar-refractivity contribution >= 4 is 11.6 Å². The highest BCUT2D eigenvalue weighted by atomic mass is 16.1.